The van der Waals surface area contributed by atoms with Gasteiger partial charge in [0.1, 0.15) is 11.4 Å². The van der Waals surface area contributed by atoms with Crippen LogP contribution in [0.15, 0.2) is 54.9 Å². The number of hydrogen-bond donors (Lipinski definition) is 0. The number of benzene rings is 1. The SMILES string of the molecule is COc1ccc(N2CC(C(=O)N3CCN(Cc4cnc5ccccn45)CC3)CC2=O)cc1. The molecule has 1 atom stereocenters. The number of rotatable bonds is 5. The zero-order valence-corrected chi connectivity index (χ0v) is 18.2. The molecule has 0 bridgehead atoms. The van der Waals surface area contributed by atoms with Crippen LogP contribution >= 0.6 is 0 Å². The average Bonchev–Trinajstić information content (AvgIpc) is 3.43. The highest BCUT2D eigenvalue weighted by Gasteiger charge is 2.38. The molecule has 2 aliphatic heterocycles. The molecule has 2 amide bonds. The highest BCUT2D eigenvalue weighted by Crippen LogP contribution is 2.28. The van der Waals surface area contributed by atoms with Gasteiger partial charge in [-0.05, 0) is 36.4 Å². The highest BCUT2D eigenvalue weighted by atomic mass is 16.5. The van der Waals surface area contributed by atoms with Crippen molar-refractivity contribution in [3.05, 3.63) is 60.6 Å². The van der Waals surface area contributed by atoms with E-state index in [1.165, 1.54) is 0 Å². The summed E-state index contributed by atoms with van der Waals surface area (Å²) >= 11 is 0. The van der Waals surface area contributed by atoms with Crippen molar-refractivity contribution < 1.29 is 14.3 Å². The van der Waals surface area contributed by atoms with Crippen molar-refractivity contribution in [3.63, 3.8) is 0 Å². The van der Waals surface area contributed by atoms with Gasteiger partial charge in [-0.15, -0.1) is 0 Å². The molecule has 166 valence electrons. The lowest BCUT2D eigenvalue weighted by molar-refractivity contribution is -0.137. The second-order valence-electron chi connectivity index (χ2n) is 8.38. The van der Waals surface area contributed by atoms with Gasteiger partial charge in [-0.2, -0.15) is 0 Å². The number of aromatic nitrogens is 2. The number of anilines is 1. The van der Waals surface area contributed by atoms with E-state index in [1.54, 1.807) is 12.0 Å². The van der Waals surface area contributed by atoms with Crippen LogP contribution in [-0.2, 0) is 16.1 Å². The van der Waals surface area contributed by atoms with Crippen LogP contribution in [0.2, 0.25) is 0 Å². The molecule has 0 N–H and O–H groups in total. The minimum atomic E-state index is -0.282. The van der Waals surface area contributed by atoms with Gasteiger partial charge < -0.3 is 18.9 Å². The number of nitrogens with zero attached hydrogens (tertiary/aromatic N) is 5. The van der Waals surface area contributed by atoms with Gasteiger partial charge in [0, 0.05) is 57.6 Å². The minimum Gasteiger partial charge on any atom is -0.497 e. The highest BCUT2D eigenvalue weighted by molar-refractivity contribution is 6.00. The van der Waals surface area contributed by atoms with Crippen LogP contribution in [0, 0.1) is 5.92 Å². The molecule has 1 aromatic carbocycles. The summed E-state index contributed by atoms with van der Waals surface area (Å²) in [4.78, 5) is 36.1. The molecule has 0 saturated carbocycles. The molecule has 2 aliphatic rings. The molecule has 3 aromatic rings. The monoisotopic (exact) mass is 433 g/mol. The summed E-state index contributed by atoms with van der Waals surface area (Å²) in [7, 11) is 1.61. The molecule has 32 heavy (non-hydrogen) atoms. The summed E-state index contributed by atoms with van der Waals surface area (Å²) in [6.45, 7) is 4.24. The largest absolute Gasteiger partial charge is 0.497 e. The molecular formula is C24H27N5O3. The molecule has 0 radical (unpaired) electrons. The van der Waals surface area contributed by atoms with E-state index >= 15 is 0 Å². The predicted molar refractivity (Wildman–Crippen MR) is 121 cm³/mol. The van der Waals surface area contributed by atoms with E-state index in [4.69, 9.17) is 4.74 Å². The van der Waals surface area contributed by atoms with Crippen LogP contribution < -0.4 is 9.64 Å². The number of amides is 2. The normalized spacial score (nSPS) is 19.7. The van der Waals surface area contributed by atoms with Gasteiger partial charge in [0.05, 0.1) is 24.9 Å². The number of ether oxygens (including phenoxy) is 1. The van der Waals surface area contributed by atoms with Gasteiger partial charge in [0.2, 0.25) is 11.8 Å². The Morgan fingerprint density at radius 1 is 1.09 bits per heavy atom. The molecule has 8 heteroatoms. The Morgan fingerprint density at radius 2 is 1.88 bits per heavy atom. The number of fused-ring (bicyclic) bond motifs is 1. The van der Waals surface area contributed by atoms with E-state index < -0.39 is 0 Å². The maximum absolute atomic E-state index is 13.1. The Kier molecular flexibility index (Phi) is 5.53. The molecule has 4 heterocycles. The van der Waals surface area contributed by atoms with Crippen molar-refractivity contribution >= 4 is 23.1 Å². The topological polar surface area (TPSA) is 70.4 Å². The Morgan fingerprint density at radius 3 is 2.62 bits per heavy atom. The van der Waals surface area contributed by atoms with Crippen molar-refractivity contribution in [2.75, 3.05) is 44.7 Å². The van der Waals surface area contributed by atoms with E-state index in [9.17, 15) is 9.59 Å². The second kappa shape index (κ2) is 8.63. The average molecular weight is 434 g/mol. The maximum Gasteiger partial charge on any atom is 0.228 e. The Hall–Kier alpha value is -3.39. The predicted octanol–water partition coefficient (Wildman–Crippen LogP) is 2.04. The fourth-order valence-corrected chi connectivity index (χ4v) is 4.60. The maximum atomic E-state index is 13.1. The molecule has 5 rings (SSSR count). The number of imidazole rings is 1. The van der Waals surface area contributed by atoms with Gasteiger partial charge in [-0.25, -0.2) is 4.98 Å². The quantitative estimate of drug-likeness (QED) is 0.616. The molecular weight excluding hydrogens is 406 g/mol. The Balaban J connectivity index is 1.17. The van der Waals surface area contributed by atoms with Crippen LogP contribution in [0.1, 0.15) is 12.1 Å². The third-order valence-corrected chi connectivity index (χ3v) is 6.42. The molecule has 2 saturated heterocycles. The first kappa shape index (κ1) is 20.5. The molecule has 0 aliphatic carbocycles. The van der Waals surface area contributed by atoms with E-state index in [2.05, 4.69) is 14.3 Å². The van der Waals surface area contributed by atoms with Gasteiger partial charge in [-0.1, -0.05) is 6.07 Å². The third kappa shape index (κ3) is 3.93. The second-order valence-corrected chi connectivity index (χ2v) is 8.38. The summed E-state index contributed by atoms with van der Waals surface area (Å²) in [5, 5.41) is 0. The summed E-state index contributed by atoms with van der Waals surface area (Å²) < 4.78 is 7.29. The number of pyridine rings is 1. The number of carbonyl (C=O) groups excluding carboxylic acids is 2. The molecule has 1 unspecified atom stereocenters. The van der Waals surface area contributed by atoms with Gasteiger partial charge in [0.15, 0.2) is 0 Å². The van der Waals surface area contributed by atoms with Crippen LogP contribution in [0.25, 0.3) is 5.65 Å². The first-order valence-electron chi connectivity index (χ1n) is 11.0. The first-order chi connectivity index (χ1) is 15.6. The number of hydrogen-bond acceptors (Lipinski definition) is 5. The Bertz CT molecular complexity index is 1120. The van der Waals surface area contributed by atoms with Crippen molar-refractivity contribution in [1.82, 2.24) is 19.2 Å². The van der Waals surface area contributed by atoms with Crippen LogP contribution in [0.3, 0.4) is 0 Å². The zero-order chi connectivity index (χ0) is 22.1. The van der Waals surface area contributed by atoms with Gasteiger partial charge >= 0.3 is 0 Å². The standard InChI is InChI=1S/C24H27N5O3/c1-32-21-7-5-19(6-8-21)29-16-18(14-23(29)30)24(31)27-12-10-26(11-13-27)17-20-15-25-22-4-2-3-9-28(20)22/h2-9,15,18H,10-14,16-17H2,1H3. The molecule has 0 spiro atoms. The fourth-order valence-electron chi connectivity index (χ4n) is 4.60. The van der Waals surface area contributed by atoms with Crippen molar-refractivity contribution in [3.8, 4) is 5.75 Å². The number of piperazine rings is 1. The summed E-state index contributed by atoms with van der Waals surface area (Å²) in [6, 6.07) is 13.4. The lowest BCUT2D eigenvalue weighted by Gasteiger charge is -2.35. The van der Waals surface area contributed by atoms with Crippen molar-refractivity contribution in [2.45, 2.75) is 13.0 Å². The smallest absolute Gasteiger partial charge is 0.228 e. The molecule has 2 aromatic heterocycles. The minimum absolute atomic E-state index is 0.000219. The number of methoxy groups -OCH3 is 1. The van der Waals surface area contributed by atoms with E-state index in [0.29, 0.717) is 19.6 Å². The molecule has 2 fully saturated rings. The van der Waals surface area contributed by atoms with Crippen LogP contribution in [-0.4, -0.2) is 70.8 Å². The first-order valence-corrected chi connectivity index (χ1v) is 11.0. The van der Waals surface area contributed by atoms with Crippen LogP contribution in [0.5, 0.6) is 5.75 Å². The lowest BCUT2D eigenvalue weighted by atomic mass is 10.1. The third-order valence-electron chi connectivity index (χ3n) is 6.42. The van der Waals surface area contributed by atoms with Crippen molar-refractivity contribution in [2.24, 2.45) is 5.92 Å². The molecule has 8 nitrogen and oxygen atoms in total. The summed E-state index contributed by atoms with van der Waals surface area (Å²) in [6.07, 6.45) is 4.22. The van der Waals surface area contributed by atoms with E-state index in [0.717, 1.165) is 42.4 Å². The van der Waals surface area contributed by atoms with Gasteiger partial charge in [0.25, 0.3) is 0 Å². The fraction of sp³-hybridized carbons (Fsp3) is 0.375. The summed E-state index contributed by atoms with van der Waals surface area (Å²) in [5.74, 6) is 0.549. The van der Waals surface area contributed by atoms with Crippen molar-refractivity contribution in [1.29, 1.82) is 0 Å². The zero-order valence-electron chi connectivity index (χ0n) is 18.2. The van der Waals surface area contributed by atoms with Gasteiger partial charge in [-0.3, -0.25) is 14.5 Å². The Labute approximate surface area is 187 Å². The van der Waals surface area contributed by atoms with Crippen LogP contribution in [0.4, 0.5) is 5.69 Å². The summed E-state index contributed by atoms with van der Waals surface area (Å²) in [5.41, 5.74) is 2.91. The number of carbonyl (C=O) groups is 2. The lowest BCUT2D eigenvalue weighted by Crippen LogP contribution is -2.50. The van der Waals surface area contributed by atoms with E-state index in [-0.39, 0.29) is 24.2 Å². The van der Waals surface area contributed by atoms with E-state index in [1.807, 2.05) is 59.8 Å².